The number of hydrogen-bond donors (Lipinski definition) is 2. The number of thiazole rings is 1. The molecule has 6 heteroatoms. The van der Waals surface area contributed by atoms with E-state index in [4.69, 9.17) is 4.74 Å². The molecule has 1 heterocycles. The van der Waals surface area contributed by atoms with Gasteiger partial charge in [-0.15, -0.1) is 11.3 Å². The number of rotatable bonds is 7. The normalized spacial score (nSPS) is 11.3. The van der Waals surface area contributed by atoms with Crippen molar-refractivity contribution in [3.05, 3.63) is 45.9 Å². The summed E-state index contributed by atoms with van der Waals surface area (Å²) in [6.45, 7) is 6.44. The van der Waals surface area contributed by atoms with Crippen LogP contribution >= 0.6 is 11.3 Å². The second-order valence-electron chi connectivity index (χ2n) is 5.08. The lowest BCUT2D eigenvalue weighted by Gasteiger charge is -2.10. The van der Waals surface area contributed by atoms with Crippen LogP contribution in [0.5, 0.6) is 5.75 Å². The monoisotopic (exact) mass is 332 g/mol. The third kappa shape index (κ3) is 5.90. The molecule has 0 bridgehead atoms. The summed E-state index contributed by atoms with van der Waals surface area (Å²) >= 11 is 1.74. The first-order valence-corrected chi connectivity index (χ1v) is 8.59. The second kappa shape index (κ2) is 9.15. The van der Waals surface area contributed by atoms with Gasteiger partial charge < -0.3 is 15.4 Å². The van der Waals surface area contributed by atoms with Gasteiger partial charge in [-0.25, -0.2) is 9.98 Å². The standard InChI is InChI=1S/C17H24N4OS/c1-4-18-17(19-10-9-16-20-11-13(2)23-16)21-12-14-5-7-15(22-3)8-6-14/h5-8,11H,4,9-10,12H2,1-3H3,(H2,18,19,21). The van der Waals surface area contributed by atoms with Gasteiger partial charge in [0, 0.05) is 30.6 Å². The summed E-state index contributed by atoms with van der Waals surface area (Å²) in [5, 5.41) is 7.77. The largest absolute Gasteiger partial charge is 0.497 e. The first-order chi connectivity index (χ1) is 11.2. The van der Waals surface area contributed by atoms with Crippen LogP contribution in [0.2, 0.25) is 0 Å². The van der Waals surface area contributed by atoms with Crippen molar-refractivity contribution in [3.63, 3.8) is 0 Å². The lowest BCUT2D eigenvalue weighted by molar-refractivity contribution is 0.414. The molecule has 0 spiro atoms. The number of aromatic nitrogens is 1. The van der Waals surface area contributed by atoms with Gasteiger partial charge in [0.05, 0.1) is 18.7 Å². The van der Waals surface area contributed by atoms with Gasteiger partial charge in [-0.1, -0.05) is 12.1 Å². The number of nitrogens with zero attached hydrogens (tertiary/aromatic N) is 2. The summed E-state index contributed by atoms with van der Waals surface area (Å²) in [6, 6.07) is 7.97. The molecule has 0 atom stereocenters. The average molecular weight is 332 g/mol. The maximum absolute atomic E-state index is 5.16. The predicted molar refractivity (Wildman–Crippen MR) is 96.4 cm³/mol. The molecule has 23 heavy (non-hydrogen) atoms. The van der Waals surface area contributed by atoms with Gasteiger partial charge in [-0.2, -0.15) is 0 Å². The minimum atomic E-state index is 0.635. The van der Waals surface area contributed by atoms with E-state index in [1.807, 2.05) is 30.5 Å². The Morgan fingerprint density at radius 1 is 1.26 bits per heavy atom. The van der Waals surface area contributed by atoms with Gasteiger partial charge in [-0.3, -0.25) is 0 Å². The Bertz CT molecular complexity index is 622. The highest BCUT2D eigenvalue weighted by molar-refractivity contribution is 7.11. The molecule has 1 aromatic heterocycles. The van der Waals surface area contributed by atoms with E-state index in [0.717, 1.165) is 41.8 Å². The topological polar surface area (TPSA) is 58.5 Å². The van der Waals surface area contributed by atoms with Crippen LogP contribution in [0, 0.1) is 6.92 Å². The fourth-order valence-electron chi connectivity index (χ4n) is 2.05. The smallest absolute Gasteiger partial charge is 0.191 e. The molecule has 124 valence electrons. The van der Waals surface area contributed by atoms with Crippen LogP contribution in [0.1, 0.15) is 22.4 Å². The first-order valence-electron chi connectivity index (χ1n) is 7.77. The van der Waals surface area contributed by atoms with Crippen LogP contribution in [0.4, 0.5) is 0 Å². The number of hydrogen-bond acceptors (Lipinski definition) is 4. The van der Waals surface area contributed by atoms with Gasteiger partial charge in [0.15, 0.2) is 5.96 Å². The molecule has 0 saturated carbocycles. The Kier molecular flexibility index (Phi) is 6.87. The molecule has 5 nitrogen and oxygen atoms in total. The second-order valence-corrected chi connectivity index (χ2v) is 6.40. The van der Waals surface area contributed by atoms with Crippen molar-refractivity contribution in [1.29, 1.82) is 0 Å². The maximum atomic E-state index is 5.16. The van der Waals surface area contributed by atoms with Gasteiger partial charge in [0.25, 0.3) is 0 Å². The van der Waals surface area contributed by atoms with E-state index in [2.05, 4.69) is 34.5 Å². The zero-order valence-electron chi connectivity index (χ0n) is 13.9. The van der Waals surface area contributed by atoms with Crippen molar-refractivity contribution in [2.24, 2.45) is 4.99 Å². The number of nitrogens with one attached hydrogen (secondary N) is 2. The van der Waals surface area contributed by atoms with E-state index in [1.54, 1.807) is 18.4 Å². The van der Waals surface area contributed by atoms with Crippen molar-refractivity contribution < 1.29 is 4.74 Å². The number of aliphatic imine (C=N–C) groups is 1. The van der Waals surface area contributed by atoms with Crippen LogP contribution < -0.4 is 15.4 Å². The zero-order chi connectivity index (χ0) is 16.5. The highest BCUT2D eigenvalue weighted by Crippen LogP contribution is 2.12. The lowest BCUT2D eigenvalue weighted by atomic mass is 10.2. The van der Waals surface area contributed by atoms with E-state index in [-0.39, 0.29) is 0 Å². The quantitative estimate of drug-likeness (QED) is 0.605. The SMILES string of the molecule is CCNC(=NCc1ccc(OC)cc1)NCCc1ncc(C)s1. The molecule has 0 unspecified atom stereocenters. The summed E-state index contributed by atoms with van der Waals surface area (Å²) in [6.07, 6.45) is 2.83. The van der Waals surface area contributed by atoms with Crippen molar-refractivity contribution >= 4 is 17.3 Å². The van der Waals surface area contributed by atoms with Crippen LogP contribution in [-0.2, 0) is 13.0 Å². The molecule has 0 aliphatic heterocycles. The fourth-order valence-corrected chi connectivity index (χ4v) is 2.83. The Hall–Kier alpha value is -2.08. The molecule has 0 aliphatic carbocycles. The van der Waals surface area contributed by atoms with E-state index in [0.29, 0.717) is 6.54 Å². The molecule has 1 aromatic carbocycles. The summed E-state index contributed by atoms with van der Waals surface area (Å²) in [7, 11) is 1.67. The summed E-state index contributed by atoms with van der Waals surface area (Å²) in [5.74, 6) is 1.69. The third-order valence-corrected chi connectivity index (χ3v) is 4.20. The molecule has 0 fully saturated rings. The van der Waals surface area contributed by atoms with Gasteiger partial charge in [0.2, 0.25) is 0 Å². The Labute approximate surface area is 141 Å². The number of ether oxygens (including phenoxy) is 1. The Balaban J connectivity index is 1.85. The van der Waals surface area contributed by atoms with Crippen molar-refractivity contribution in [1.82, 2.24) is 15.6 Å². The van der Waals surface area contributed by atoms with Crippen LogP contribution in [-0.4, -0.2) is 31.1 Å². The Morgan fingerprint density at radius 2 is 2.04 bits per heavy atom. The predicted octanol–water partition coefficient (Wildman–Crippen LogP) is 2.76. The molecular weight excluding hydrogens is 308 g/mol. The van der Waals surface area contributed by atoms with Gasteiger partial charge in [0.1, 0.15) is 5.75 Å². The number of aryl methyl sites for hydroxylation is 1. The molecule has 2 N–H and O–H groups in total. The molecule has 0 amide bonds. The lowest BCUT2D eigenvalue weighted by Crippen LogP contribution is -2.38. The number of guanidine groups is 1. The highest BCUT2D eigenvalue weighted by Gasteiger charge is 2.01. The zero-order valence-corrected chi connectivity index (χ0v) is 14.7. The van der Waals surface area contributed by atoms with Crippen molar-refractivity contribution in [2.45, 2.75) is 26.8 Å². The molecule has 2 aromatic rings. The Morgan fingerprint density at radius 3 is 2.65 bits per heavy atom. The molecule has 0 saturated heterocycles. The average Bonchev–Trinajstić information content (AvgIpc) is 2.98. The minimum Gasteiger partial charge on any atom is -0.497 e. The fraction of sp³-hybridized carbons (Fsp3) is 0.412. The summed E-state index contributed by atoms with van der Waals surface area (Å²) in [5.41, 5.74) is 1.15. The summed E-state index contributed by atoms with van der Waals surface area (Å²) in [4.78, 5) is 10.2. The van der Waals surface area contributed by atoms with E-state index >= 15 is 0 Å². The van der Waals surface area contributed by atoms with E-state index in [9.17, 15) is 0 Å². The third-order valence-electron chi connectivity index (χ3n) is 3.22. The van der Waals surface area contributed by atoms with Crippen LogP contribution in [0.15, 0.2) is 35.5 Å². The van der Waals surface area contributed by atoms with E-state index < -0.39 is 0 Å². The number of methoxy groups -OCH3 is 1. The minimum absolute atomic E-state index is 0.635. The maximum Gasteiger partial charge on any atom is 0.191 e. The molecule has 0 radical (unpaired) electrons. The van der Waals surface area contributed by atoms with Crippen molar-refractivity contribution in [2.75, 3.05) is 20.2 Å². The van der Waals surface area contributed by atoms with Crippen molar-refractivity contribution in [3.8, 4) is 5.75 Å². The van der Waals surface area contributed by atoms with E-state index in [1.165, 1.54) is 4.88 Å². The highest BCUT2D eigenvalue weighted by atomic mass is 32.1. The number of benzene rings is 1. The van der Waals surface area contributed by atoms with Gasteiger partial charge >= 0.3 is 0 Å². The first kappa shape index (κ1) is 17.3. The molecular formula is C17H24N4OS. The summed E-state index contributed by atoms with van der Waals surface area (Å²) < 4.78 is 5.16. The molecule has 0 aliphatic rings. The van der Waals surface area contributed by atoms with Crippen LogP contribution in [0.3, 0.4) is 0 Å². The van der Waals surface area contributed by atoms with Crippen LogP contribution in [0.25, 0.3) is 0 Å². The van der Waals surface area contributed by atoms with Gasteiger partial charge in [-0.05, 0) is 31.5 Å². The molecule has 2 rings (SSSR count).